The molecule has 0 saturated heterocycles. The third-order valence-corrected chi connectivity index (χ3v) is 4.49. The lowest BCUT2D eigenvalue weighted by atomic mass is 10.0. The second-order valence-electron chi connectivity index (χ2n) is 5.41. The number of anilines is 1. The van der Waals surface area contributed by atoms with E-state index in [9.17, 15) is 4.79 Å². The number of hydrogen-bond donors (Lipinski definition) is 1. The minimum atomic E-state index is -0.0691. The van der Waals surface area contributed by atoms with E-state index in [0.717, 1.165) is 21.3 Å². The molecular formula is C21H15BrClNO. The number of nitrogens with one attached hydrogen (secondary N) is 1. The highest BCUT2D eigenvalue weighted by Crippen LogP contribution is 2.25. The Hall–Kier alpha value is -2.36. The quantitative estimate of drug-likeness (QED) is 0.379. The fourth-order valence-electron chi connectivity index (χ4n) is 2.37. The molecule has 0 unspecified atom stereocenters. The van der Waals surface area contributed by atoms with E-state index in [1.807, 2.05) is 66.7 Å². The molecule has 0 heterocycles. The van der Waals surface area contributed by atoms with Crippen molar-refractivity contribution >= 4 is 39.0 Å². The third-order valence-electron chi connectivity index (χ3n) is 3.68. The van der Waals surface area contributed by atoms with Crippen LogP contribution in [0.25, 0.3) is 11.1 Å². The Balaban J connectivity index is 1.67. The van der Waals surface area contributed by atoms with Gasteiger partial charge >= 0.3 is 0 Å². The van der Waals surface area contributed by atoms with E-state index < -0.39 is 0 Å². The van der Waals surface area contributed by atoms with E-state index in [-0.39, 0.29) is 5.78 Å². The minimum absolute atomic E-state index is 0.0691. The van der Waals surface area contributed by atoms with Crippen molar-refractivity contribution < 1.29 is 4.79 Å². The first-order valence-electron chi connectivity index (χ1n) is 7.71. The zero-order chi connectivity index (χ0) is 17.6. The van der Waals surface area contributed by atoms with Gasteiger partial charge in [-0.25, -0.2) is 0 Å². The number of carbonyl (C=O) groups excluding carboxylic acids is 1. The Labute approximate surface area is 160 Å². The van der Waals surface area contributed by atoms with Crippen LogP contribution >= 0.6 is 27.5 Å². The lowest BCUT2D eigenvalue weighted by molar-refractivity contribution is 0.104. The molecule has 0 atom stereocenters. The summed E-state index contributed by atoms with van der Waals surface area (Å²) in [6.07, 6.45) is 3.10. The van der Waals surface area contributed by atoms with Gasteiger partial charge in [0, 0.05) is 22.3 Å². The van der Waals surface area contributed by atoms with Crippen molar-refractivity contribution in [3.8, 4) is 11.1 Å². The van der Waals surface area contributed by atoms with Gasteiger partial charge in [-0.05, 0) is 29.3 Å². The summed E-state index contributed by atoms with van der Waals surface area (Å²) in [6.45, 7) is 0. The maximum atomic E-state index is 12.3. The molecule has 0 fully saturated rings. The number of halogens is 2. The van der Waals surface area contributed by atoms with Crippen LogP contribution in [0, 0.1) is 0 Å². The zero-order valence-corrected chi connectivity index (χ0v) is 15.6. The van der Waals surface area contributed by atoms with Gasteiger partial charge in [-0.2, -0.15) is 0 Å². The van der Waals surface area contributed by atoms with Gasteiger partial charge < -0.3 is 5.32 Å². The lowest BCUT2D eigenvalue weighted by Crippen LogP contribution is -1.96. The van der Waals surface area contributed by atoms with Crippen molar-refractivity contribution in [2.75, 3.05) is 5.32 Å². The molecule has 2 nitrogen and oxygen atoms in total. The molecule has 3 rings (SSSR count). The smallest absolute Gasteiger partial charge is 0.187 e. The molecule has 124 valence electrons. The van der Waals surface area contributed by atoms with Crippen LogP contribution in [0.4, 0.5) is 5.69 Å². The molecule has 1 N–H and O–H groups in total. The molecule has 0 saturated carbocycles. The molecule has 3 aromatic carbocycles. The van der Waals surface area contributed by atoms with E-state index in [4.69, 9.17) is 11.6 Å². The summed E-state index contributed by atoms with van der Waals surface area (Å²) in [5.41, 5.74) is 3.59. The van der Waals surface area contributed by atoms with Gasteiger partial charge in [-0.3, -0.25) is 4.79 Å². The topological polar surface area (TPSA) is 29.1 Å². The normalized spacial score (nSPS) is 10.8. The molecule has 0 aliphatic carbocycles. The average molecular weight is 413 g/mol. The van der Waals surface area contributed by atoms with Crippen LogP contribution in [0.3, 0.4) is 0 Å². The molecule has 3 aromatic rings. The van der Waals surface area contributed by atoms with Crippen molar-refractivity contribution in [1.29, 1.82) is 0 Å². The van der Waals surface area contributed by atoms with Crippen molar-refractivity contribution in [2.45, 2.75) is 0 Å². The molecule has 0 bridgehead atoms. The molecule has 0 aliphatic rings. The van der Waals surface area contributed by atoms with Crippen LogP contribution < -0.4 is 5.32 Å². The van der Waals surface area contributed by atoms with Crippen LogP contribution in [-0.2, 0) is 0 Å². The first kappa shape index (κ1) is 17.5. The van der Waals surface area contributed by atoms with Crippen molar-refractivity contribution in [2.24, 2.45) is 0 Å². The number of rotatable bonds is 5. The molecule has 0 radical (unpaired) electrons. The first-order valence-corrected chi connectivity index (χ1v) is 8.88. The van der Waals surface area contributed by atoms with E-state index >= 15 is 0 Å². The SMILES string of the molecule is O=C(/C=C/Nc1ccc(Br)cc1Cl)c1ccc(-c2ccccc2)cc1. The van der Waals surface area contributed by atoms with E-state index in [1.54, 1.807) is 12.3 Å². The summed E-state index contributed by atoms with van der Waals surface area (Å²) in [7, 11) is 0. The Bertz CT molecular complexity index is 905. The van der Waals surface area contributed by atoms with Gasteiger partial charge in [0.15, 0.2) is 5.78 Å². The van der Waals surface area contributed by atoms with Gasteiger partial charge in [0.05, 0.1) is 10.7 Å². The van der Waals surface area contributed by atoms with Crippen molar-refractivity contribution in [3.63, 3.8) is 0 Å². The number of allylic oxidation sites excluding steroid dienone is 1. The van der Waals surface area contributed by atoms with Crippen molar-refractivity contribution in [1.82, 2.24) is 0 Å². The largest absolute Gasteiger partial charge is 0.360 e. The standard InChI is InChI=1S/C21H15BrClNO/c22-18-10-11-20(19(23)14-18)24-13-12-21(25)17-8-6-16(7-9-17)15-4-2-1-3-5-15/h1-14,24H/b13-12+. The molecule has 0 aliphatic heterocycles. The lowest BCUT2D eigenvalue weighted by Gasteiger charge is -2.04. The molecule has 0 amide bonds. The fourth-order valence-corrected chi connectivity index (χ4v) is 3.10. The Morgan fingerprint density at radius 2 is 1.60 bits per heavy atom. The fraction of sp³-hybridized carbons (Fsp3) is 0. The van der Waals surface area contributed by atoms with Crippen LogP contribution in [0.5, 0.6) is 0 Å². The number of carbonyl (C=O) groups is 1. The number of hydrogen-bond acceptors (Lipinski definition) is 2. The number of ketones is 1. The van der Waals surface area contributed by atoms with Crippen molar-refractivity contribution in [3.05, 3.63) is 100 Å². The van der Waals surface area contributed by atoms with Crippen LogP contribution in [-0.4, -0.2) is 5.78 Å². The van der Waals surface area contributed by atoms with E-state index in [0.29, 0.717) is 10.6 Å². The highest BCUT2D eigenvalue weighted by Gasteiger charge is 2.03. The summed E-state index contributed by atoms with van der Waals surface area (Å²) >= 11 is 9.48. The third kappa shape index (κ3) is 4.59. The average Bonchev–Trinajstić information content (AvgIpc) is 2.64. The van der Waals surface area contributed by atoms with Gasteiger partial charge in [-0.15, -0.1) is 0 Å². The Morgan fingerprint density at radius 3 is 2.28 bits per heavy atom. The van der Waals surface area contributed by atoms with Crippen LogP contribution in [0.2, 0.25) is 5.02 Å². The molecular weight excluding hydrogens is 398 g/mol. The predicted molar refractivity (Wildman–Crippen MR) is 108 cm³/mol. The van der Waals surface area contributed by atoms with Gasteiger partial charge in [0.1, 0.15) is 0 Å². The van der Waals surface area contributed by atoms with E-state index in [2.05, 4.69) is 21.2 Å². The Morgan fingerprint density at radius 1 is 0.920 bits per heavy atom. The number of benzene rings is 3. The van der Waals surface area contributed by atoms with Gasteiger partial charge in [0.2, 0.25) is 0 Å². The van der Waals surface area contributed by atoms with Crippen LogP contribution in [0.1, 0.15) is 10.4 Å². The molecule has 0 spiro atoms. The second kappa shape index (κ2) is 8.15. The summed E-state index contributed by atoms with van der Waals surface area (Å²) < 4.78 is 0.904. The van der Waals surface area contributed by atoms with E-state index in [1.165, 1.54) is 6.08 Å². The molecule has 25 heavy (non-hydrogen) atoms. The summed E-state index contributed by atoms with van der Waals surface area (Å²) in [5, 5.41) is 3.61. The Kier molecular flexibility index (Phi) is 5.69. The maximum absolute atomic E-state index is 12.3. The summed E-state index contributed by atoms with van der Waals surface area (Å²) in [4.78, 5) is 12.3. The van der Waals surface area contributed by atoms with Gasteiger partial charge in [-0.1, -0.05) is 82.1 Å². The minimum Gasteiger partial charge on any atom is -0.360 e. The molecule has 0 aromatic heterocycles. The monoisotopic (exact) mass is 411 g/mol. The highest BCUT2D eigenvalue weighted by atomic mass is 79.9. The second-order valence-corrected chi connectivity index (χ2v) is 6.73. The maximum Gasteiger partial charge on any atom is 0.187 e. The van der Waals surface area contributed by atoms with Crippen LogP contribution in [0.15, 0.2) is 89.5 Å². The summed E-state index contributed by atoms with van der Waals surface area (Å²) in [5.74, 6) is -0.0691. The summed E-state index contributed by atoms with van der Waals surface area (Å²) in [6, 6.07) is 23.2. The first-order chi connectivity index (χ1) is 12.1. The zero-order valence-electron chi connectivity index (χ0n) is 13.2. The van der Waals surface area contributed by atoms with Gasteiger partial charge in [0.25, 0.3) is 0 Å². The predicted octanol–water partition coefficient (Wildman–Crippen LogP) is 6.58. The highest BCUT2D eigenvalue weighted by molar-refractivity contribution is 9.10. The molecule has 4 heteroatoms.